The molecule has 5 nitrogen and oxygen atoms in total. The molecule has 0 bridgehead atoms. The summed E-state index contributed by atoms with van der Waals surface area (Å²) in [6.45, 7) is 8.08. The van der Waals surface area contributed by atoms with Gasteiger partial charge in [-0.05, 0) is 20.0 Å². The number of hydrogen-bond acceptors (Lipinski definition) is 4. The van der Waals surface area contributed by atoms with E-state index in [-0.39, 0.29) is 17.6 Å². The summed E-state index contributed by atoms with van der Waals surface area (Å²) in [4.78, 5) is 26.7. The van der Waals surface area contributed by atoms with E-state index in [0.717, 1.165) is 0 Å². The fraction of sp³-hybridized carbons (Fsp3) is 0.500. The average molecular weight is 238 g/mol. The molecule has 0 aromatic carbocycles. The molecule has 1 N–H and O–H groups in total. The number of aliphatic hydroxyl groups is 1. The van der Waals surface area contributed by atoms with Crippen molar-refractivity contribution < 1.29 is 14.7 Å². The molecule has 0 aromatic heterocycles. The Labute approximate surface area is 101 Å². The minimum absolute atomic E-state index is 0.0853. The van der Waals surface area contributed by atoms with Gasteiger partial charge < -0.3 is 14.9 Å². The van der Waals surface area contributed by atoms with Gasteiger partial charge in [0, 0.05) is 25.2 Å². The van der Waals surface area contributed by atoms with Crippen LogP contribution in [0.15, 0.2) is 24.6 Å². The van der Waals surface area contributed by atoms with E-state index in [4.69, 9.17) is 5.11 Å². The molecule has 1 rings (SSSR count). The molecule has 0 unspecified atom stereocenters. The largest absolute Gasteiger partial charge is 0.388 e. The Morgan fingerprint density at radius 1 is 1.53 bits per heavy atom. The van der Waals surface area contributed by atoms with Crippen LogP contribution in [0.5, 0.6) is 0 Å². The first-order valence-electron chi connectivity index (χ1n) is 5.56. The molecule has 1 amide bonds. The van der Waals surface area contributed by atoms with Crippen LogP contribution in [0.1, 0.15) is 13.8 Å². The molecular formula is C12H18N2O3. The first-order chi connectivity index (χ1) is 8.01. The van der Waals surface area contributed by atoms with Crippen LogP contribution in [0.2, 0.25) is 0 Å². The molecule has 0 saturated carbocycles. The Kier molecular flexibility index (Phi) is 4.45. The van der Waals surface area contributed by atoms with Crippen LogP contribution in [0.4, 0.5) is 0 Å². The number of hydrogen-bond donors (Lipinski definition) is 1. The van der Waals surface area contributed by atoms with Gasteiger partial charge in [0.05, 0.1) is 0 Å². The van der Waals surface area contributed by atoms with Crippen molar-refractivity contribution in [3.63, 3.8) is 0 Å². The minimum atomic E-state index is -0.594. The number of rotatable bonds is 4. The van der Waals surface area contributed by atoms with E-state index in [9.17, 15) is 9.59 Å². The average Bonchev–Trinajstić information content (AvgIpc) is 2.30. The lowest BCUT2D eigenvalue weighted by molar-refractivity contribution is -0.133. The molecule has 1 aliphatic heterocycles. The second-order valence-electron chi connectivity index (χ2n) is 4.12. The summed E-state index contributed by atoms with van der Waals surface area (Å²) in [5.41, 5.74) is 0.277. The molecular weight excluding hydrogens is 220 g/mol. The van der Waals surface area contributed by atoms with Crippen LogP contribution in [-0.4, -0.2) is 52.3 Å². The molecule has 0 aromatic rings. The van der Waals surface area contributed by atoms with Crippen LogP contribution in [0, 0.1) is 0 Å². The smallest absolute Gasteiger partial charge is 0.270 e. The molecule has 1 heterocycles. The van der Waals surface area contributed by atoms with Gasteiger partial charge in [-0.1, -0.05) is 6.58 Å². The highest BCUT2D eigenvalue weighted by Gasteiger charge is 2.29. The minimum Gasteiger partial charge on any atom is -0.388 e. The number of amides is 1. The van der Waals surface area contributed by atoms with Crippen molar-refractivity contribution in [1.29, 1.82) is 0 Å². The van der Waals surface area contributed by atoms with Crippen LogP contribution in [-0.2, 0) is 9.59 Å². The normalized spacial score (nSPS) is 19.1. The van der Waals surface area contributed by atoms with Crippen molar-refractivity contribution in [1.82, 2.24) is 9.80 Å². The van der Waals surface area contributed by atoms with Gasteiger partial charge in [-0.3, -0.25) is 9.59 Å². The first kappa shape index (κ1) is 13.4. The summed E-state index contributed by atoms with van der Waals surface area (Å²) in [7, 11) is 0. The number of aliphatic hydroxyl groups excluding tert-OH is 1. The SMILES string of the molecule is C=CN1CCN(C(C)C)C(=O)/C1=C/C(=O)CO. The van der Waals surface area contributed by atoms with Crippen LogP contribution in [0.3, 0.4) is 0 Å². The molecule has 5 heteroatoms. The highest BCUT2D eigenvalue weighted by molar-refractivity contribution is 6.02. The number of carbonyl (C=O) groups is 2. The lowest BCUT2D eigenvalue weighted by Gasteiger charge is -2.37. The van der Waals surface area contributed by atoms with Gasteiger partial charge in [-0.2, -0.15) is 0 Å². The predicted octanol–water partition coefficient (Wildman–Crippen LogP) is 0.128. The molecule has 17 heavy (non-hydrogen) atoms. The lowest BCUT2D eigenvalue weighted by Crippen LogP contribution is -2.49. The van der Waals surface area contributed by atoms with Gasteiger partial charge in [0.1, 0.15) is 12.3 Å². The standard InChI is InChI=1S/C12H18N2O3/c1-4-13-5-6-14(9(2)3)12(17)11(13)7-10(16)8-15/h4,7,9,15H,1,5-6,8H2,2-3H3/b11-7-. The molecule has 1 aliphatic rings. The van der Waals surface area contributed by atoms with Crippen molar-refractivity contribution >= 4 is 11.7 Å². The molecule has 0 atom stereocenters. The summed E-state index contributed by atoms with van der Waals surface area (Å²) in [5.74, 6) is -0.682. The zero-order chi connectivity index (χ0) is 13.0. The lowest BCUT2D eigenvalue weighted by atomic mass is 10.1. The second-order valence-corrected chi connectivity index (χ2v) is 4.12. The van der Waals surface area contributed by atoms with E-state index in [1.165, 1.54) is 12.3 Å². The van der Waals surface area contributed by atoms with E-state index in [0.29, 0.717) is 13.1 Å². The highest BCUT2D eigenvalue weighted by atomic mass is 16.3. The zero-order valence-electron chi connectivity index (χ0n) is 10.2. The van der Waals surface area contributed by atoms with Crippen LogP contribution >= 0.6 is 0 Å². The summed E-state index contributed by atoms with van der Waals surface area (Å²) in [6, 6.07) is 0.0853. The van der Waals surface area contributed by atoms with Crippen LogP contribution < -0.4 is 0 Å². The van der Waals surface area contributed by atoms with Crippen molar-refractivity contribution in [2.24, 2.45) is 0 Å². The van der Waals surface area contributed by atoms with Gasteiger partial charge in [0.15, 0.2) is 5.78 Å². The van der Waals surface area contributed by atoms with E-state index in [1.54, 1.807) is 9.80 Å². The Bertz CT molecular complexity index is 361. The zero-order valence-corrected chi connectivity index (χ0v) is 10.2. The predicted molar refractivity (Wildman–Crippen MR) is 63.9 cm³/mol. The Morgan fingerprint density at radius 3 is 2.65 bits per heavy atom. The van der Waals surface area contributed by atoms with Gasteiger partial charge in [-0.15, -0.1) is 0 Å². The summed E-state index contributed by atoms with van der Waals surface area (Å²) < 4.78 is 0. The van der Waals surface area contributed by atoms with E-state index < -0.39 is 12.4 Å². The van der Waals surface area contributed by atoms with Crippen molar-refractivity contribution in [2.45, 2.75) is 19.9 Å². The van der Waals surface area contributed by atoms with Crippen LogP contribution in [0.25, 0.3) is 0 Å². The quantitative estimate of drug-likeness (QED) is 0.707. The highest BCUT2D eigenvalue weighted by Crippen LogP contribution is 2.17. The van der Waals surface area contributed by atoms with Crippen molar-refractivity contribution in [3.8, 4) is 0 Å². The molecule has 1 fully saturated rings. The topological polar surface area (TPSA) is 60.9 Å². The van der Waals surface area contributed by atoms with Crippen molar-refractivity contribution in [2.75, 3.05) is 19.7 Å². The summed E-state index contributed by atoms with van der Waals surface area (Å²) in [5, 5.41) is 8.72. The fourth-order valence-electron chi connectivity index (χ4n) is 1.73. The van der Waals surface area contributed by atoms with E-state index in [2.05, 4.69) is 6.58 Å². The van der Waals surface area contributed by atoms with E-state index >= 15 is 0 Å². The van der Waals surface area contributed by atoms with E-state index in [1.807, 2.05) is 13.8 Å². The number of nitrogens with zero attached hydrogens (tertiary/aromatic N) is 2. The molecule has 0 aliphatic carbocycles. The maximum Gasteiger partial charge on any atom is 0.270 e. The molecule has 0 spiro atoms. The Hall–Kier alpha value is -1.62. The number of carbonyl (C=O) groups excluding carboxylic acids is 2. The molecule has 0 radical (unpaired) electrons. The van der Waals surface area contributed by atoms with Gasteiger partial charge in [0.25, 0.3) is 5.91 Å². The Morgan fingerprint density at radius 2 is 2.18 bits per heavy atom. The summed E-state index contributed by atoms with van der Waals surface area (Å²) >= 11 is 0. The Balaban J connectivity index is 3.01. The monoisotopic (exact) mass is 238 g/mol. The number of piperazine rings is 1. The third-order valence-corrected chi connectivity index (χ3v) is 2.67. The first-order valence-corrected chi connectivity index (χ1v) is 5.56. The summed E-state index contributed by atoms with van der Waals surface area (Å²) in [6.07, 6.45) is 2.70. The fourth-order valence-corrected chi connectivity index (χ4v) is 1.73. The van der Waals surface area contributed by atoms with Crippen molar-refractivity contribution in [3.05, 3.63) is 24.6 Å². The van der Waals surface area contributed by atoms with Gasteiger partial charge >= 0.3 is 0 Å². The second kappa shape index (κ2) is 5.63. The maximum absolute atomic E-state index is 12.1. The number of ketones is 1. The molecule has 94 valence electrons. The molecule has 1 saturated heterocycles. The third-order valence-electron chi connectivity index (χ3n) is 2.67. The van der Waals surface area contributed by atoms with Gasteiger partial charge in [-0.25, -0.2) is 0 Å². The maximum atomic E-state index is 12.1. The third kappa shape index (κ3) is 2.94. The van der Waals surface area contributed by atoms with Gasteiger partial charge in [0.2, 0.25) is 0 Å².